The highest BCUT2D eigenvalue weighted by molar-refractivity contribution is 6.07. The fraction of sp³-hybridized carbons (Fsp3) is 0.389. The average molecular weight is 267 g/mol. The Kier molecular flexibility index (Phi) is 3.72. The predicted octanol–water partition coefficient (Wildman–Crippen LogP) is 4.15. The summed E-state index contributed by atoms with van der Waals surface area (Å²) in [5, 5.41) is 5.40. The summed E-state index contributed by atoms with van der Waals surface area (Å²) in [5.74, 6) is 0.656. The van der Waals surface area contributed by atoms with Crippen LogP contribution in [0.25, 0.3) is 10.8 Å². The molecule has 2 heteroatoms. The zero-order valence-corrected chi connectivity index (χ0v) is 11.9. The SMILES string of the molecule is CC1CCCCC1NC(=O)c1cccc2ccccc12. The maximum atomic E-state index is 12.6. The van der Waals surface area contributed by atoms with Crippen molar-refractivity contribution in [1.29, 1.82) is 0 Å². The number of amides is 1. The van der Waals surface area contributed by atoms with Crippen molar-refractivity contribution < 1.29 is 4.79 Å². The molecule has 2 nitrogen and oxygen atoms in total. The molecule has 0 radical (unpaired) electrons. The van der Waals surface area contributed by atoms with Gasteiger partial charge < -0.3 is 5.32 Å². The first-order chi connectivity index (χ1) is 9.75. The molecule has 1 aliphatic carbocycles. The number of nitrogens with one attached hydrogen (secondary N) is 1. The minimum Gasteiger partial charge on any atom is -0.349 e. The smallest absolute Gasteiger partial charge is 0.252 e. The number of hydrogen-bond donors (Lipinski definition) is 1. The van der Waals surface area contributed by atoms with Crippen LogP contribution in [-0.2, 0) is 0 Å². The lowest BCUT2D eigenvalue weighted by molar-refractivity contribution is 0.0912. The molecular weight excluding hydrogens is 246 g/mol. The lowest BCUT2D eigenvalue weighted by Crippen LogP contribution is -2.41. The number of hydrogen-bond acceptors (Lipinski definition) is 1. The van der Waals surface area contributed by atoms with E-state index in [1.165, 1.54) is 19.3 Å². The number of carbonyl (C=O) groups is 1. The lowest BCUT2D eigenvalue weighted by Gasteiger charge is -2.29. The molecule has 0 heterocycles. The Balaban J connectivity index is 1.85. The standard InChI is InChI=1S/C18H21NO/c1-13-7-2-5-12-17(13)19-18(20)16-11-6-9-14-8-3-4-10-15(14)16/h3-4,6,8-11,13,17H,2,5,7,12H2,1H3,(H,19,20). The van der Waals surface area contributed by atoms with Crippen LogP contribution in [0.5, 0.6) is 0 Å². The van der Waals surface area contributed by atoms with Crippen LogP contribution in [0.2, 0.25) is 0 Å². The minimum absolute atomic E-state index is 0.0700. The molecule has 0 aromatic heterocycles. The van der Waals surface area contributed by atoms with Gasteiger partial charge in [-0.05, 0) is 35.6 Å². The summed E-state index contributed by atoms with van der Waals surface area (Å²) in [5.41, 5.74) is 0.792. The third-order valence-electron chi connectivity index (χ3n) is 4.46. The van der Waals surface area contributed by atoms with Gasteiger partial charge in [0, 0.05) is 11.6 Å². The van der Waals surface area contributed by atoms with Crippen LogP contribution >= 0.6 is 0 Å². The maximum absolute atomic E-state index is 12.6. The van der Waals surface area contributed by atoms with Gasteiger partial charge in [0.25, 0.3) is 5.91 Å². The van der Waals surface area contributed by atoms with Gasteiger partial charge in [-0.1, -0.05) is 56.2 Å². The quantitative estimate of drug-likeness (QED) is 0.870. The van der Waals surface area contributed by atoms with Gasteiger partial charge in [0.1, 0.15) is 0 Å². The van der Waals surface area contributed by atoms with Gasteiger partial charge in [-0.25, -0.2) is 0 Å². The van der Waals surface area contributed by atoms with Gasteiger partial charge in [0.15, 0.2) is 0 Å². The van der Waals surface area contributed by atoms with Crippen LogP contribution in [0, 0.1) is 5.92 Å². The molecule has 1 saturated carbocycles. The molecular formula is C18H21NO. The molecule has 20 heavy (non-hydrogen) atoms. The Morgan fingerprint density at radius 1 is 1.05 bits per heavy atom. The molecule has 2 aromatic carbocycles. The maximum Gasteiger partial charge on any atom is 0.252 e. The van der Waals surface area contributed by atoms with E-state index in [0.717, 1.165) is 22.8 Å². The first-order valence-corrected chi connectivity index (χ1v) is 7.54. The van der Waals surface area contributed by atoms with E-state index in [1.54, 1.807) is 0 Å². The van der Waals surface area contributed by atoms with Gasteiger partial charge in [0.05, 0.1) is 0 Å². The van der Waals surface area contributed by atoms with Crippen molar-refractivity contribution >= 4 is 16.7 Å². The van der Waals surface area contributed by atoms with E-state index in [-0.39, 0.29) is 5.91 Å². The zero-order chi connectivity index (χ0) is 13.9. The van der Waals surface area contributed by atoms with Crippen molar-refractivity contribution in [3.8, 4) is 0 Å². The van der Waals surface area contributed by atoms with Crippen LogP contribution in [0.4, 0.5) is 0 Å². The van der Waals surface area contributed by atoms with Crippen LogP contribution in [0.15, 0.2) is 42.5 Å². The number of fused-ring (bicyclic) bond motifs is 1. The summed E-state index contributed by atoms with van der Waals surface area (Å²) in [6, 6.07) is 14.3. The van der Waals surface area contributed by atoms with E-state index in [4.69, 9.17) is 0 Å². The Morgan fingerprint density at radius 2 is 1.80 bits per heavy atom. The first kappa shape index (κ1) is 13.2. The highest BCUT2D eigenvalue weighted by Gasteiger charge is 2.23. The highest BCUT2D eigenvalue weighted by atomic mass is 16.1. The third-order valence-corrected chi connectivity index (χ3v) is 4.46. The molecule has 1 aliphatic rings. The van der Waals surface area contributed by atoms with Gasteiger partial charge in [-0.15, -0.1) is 0 Å². The fourth-order valence-corrected chi connectivity index (χ4v) is 3.20. The van der Waals surface area contributed by atoms with E-state index in [0.29, 0.717) is 12.0 Å². The molecule has 0 spiro atoms. The molecule has 1 amide bonds. The molecule has 2 unspecified atom stereocenters. The lowest BCUT2D eigenvalue weighted by atomic mass is 9.85. The molecule has 1 N–H and O–H groups in total. The monoisotopic (exact) mass is 267 g/mol. The minimum atomic E-state index is 0.0700. The van der Waals surface area contributed by atoms with Crippen molar-refractivity contribution in [3.63, 3.8) is 0 Å². The Hall–Kier alpha value is -1.83. The van der Waals surface area contributed by atoms with Crippen LogP contribution in [0.1, 0.15) is 43.0 Å². The van der Waals surface area contributed by atoms with Crippen LogP contribution in [0.3, 0.4) is 0 Å². The second-order valence-electron chi connectivity index (χ2n) is 5.87. The molecule has 0 aliphatic heterocycles. The third kappa shape index (κ3) is 2.55. The molecule has 0 saturated heterocycles. The van der Waals surface area contributed by atoms with E-state index in [2.05, 4.69) is 24.4 Å². The van der Waals surface area contributed by atoms with Gasteiger partial charge in [-0.2, -0.15) is 0 Å². The molecule has 2 aromatic rings. The van der Waals surface area contributed by atoms with Crippen LogP contribution in [-0.4, -0.2) is 11.9 Å². The summed E-state index contributed by atoms with van der Waals surface area (Å²) in [4.78, 5) is 12.6. The first-order valence-electron chi connectivity index (χ1n) is 7.54. The normalized spacial score (nSPS) is 22.6. The van der Waals surface area contributed by atoms with E-state index in [9.17, 15) is 4.79 Å². The largest absolute Gasteiger partial charge is 0.349 e. The summed E-state index contributed by atoms with van der Waals surface area (Å²) in [7, 11) is 0. The fourth-order valence-electron chi connectivity index (χ4n) is 3.20. The second-order valence-corrected chi connectivity index (χ2v) is 5.87. The summed E-state index contributed by atoms with van der Waals surface area (Å²) in [6.45, 7) is 2.24. The topological polar surface area (TPSA) is 29.1 Å². The van der Waals surface area contributed by atoms with E-state index in [1.807, 2.05) is 30.3 Å². The second kappa shape index (κ2) is 5.66. The summed E-state index contributed by atoms with van der Waals surface area (Å²) in [6.07, 6.45) is 4.85. The Morgan fingerprint density at radius 3 is 2.65 bits per heavy atom. The molecule has 3 rings (SSSR count). The molecule has 2 atom stereocenters. The number of benzene rings is 2. The summed E-state index contributed by atoms with van der Waals surface area (Å²) < 4.78 is 0. The van der Waals surface area contributed by atoms with Gasteiger partial charge in [-0.3, -0.25) is 4.79 Å². The predicted molar refractivity (Wildman–Crippen MR) is 82.8 cm³/mol. The van der Waals surface area contributed by atoms with Crippen molar-refractivity contribution in [2.45, 2.75) is 38.6 Å². The van der Waals surface area contributed by atoms with Crippen LogP contribution < -0.4 is 5.32 Å². The zero-order valence-electron chi connectivity index (χ0n) is 11.9. The van der Waals surface area contributed by atoms with Gasteiger partial charge in [0.2, 0.25) is 0 Å². The van der Waals surface area contributed by atoms with Crippen molar-refractivity contribution in [1.82, 2.24) is 5.32 Å². The van der Waals surface area contributed by atoms with E-state index >= 15 is 0 Å². The van der Waals surface area contributed by atoms with Crippen molar-refractivity contribution in [2.24, 2.45) is 5.92 Å². The Bertz CT molecular complexity index is 614. The van der Waals surface area contributed by atoms with E-state index < -0.39 is 0 Å². The highest BCUT2D eigenvalue weighted by Crippen LogP contribution is 2.25. The average Bonchev–Trinajstić information content (AvgIpc) is 2.49. The Labute approximate surface area is 120 Å². The van der Waals surface area contributed by atoms with Gasteiger partial charge >= 0.3 is 0 Å². The van der Waals surface area contributed by atoms with Crippen molar-refractivity contribution in [3.05, 3.63) is 48.0 Å². The number of carbonyl (C=O) groups excluding carboxylic acids is 1. The van der Waals surface area contributed by atoms with Crippen molar-refractivity contribution in [2.75, 3.05) is 0 Å². The summed E-state index contributed by atoms with van der Waals surface area (Å²) >= 11 is 0. The molecule has 0 bridgehead atoms. The molecule has 104 valence electrons. The molecule has 1 fully saturated rings. The number of rotatable bonds is 2.